The van der Waals surface area contributed by atoms with Crippen molar-refractivity contribution < 1.29 is 14.3 Å². The number of phenols is 1. The molecule has 0 saturated heterocycles. The van der Waals surface area contributed by atoms with Gasteiger partial charge in [-0.2, -0.15) is 0 Å². The quantitative estimate of drug-likeness (QED) is 0.898. The second-order valence-electron chi connectivity index (χ2n) is 4.58. The van der Waals surface area contributed by atoms with Crippen molar-refractivity contribution in [3.8, 4) is 16.2 Å². The first-order valence-corrected chi connectivity index (χ1v) is 7.17. The minimum absolute atomic E-state index is 0.0351. The Hall–Kier alpha value is -1.59. The molecule has 6 heteroatoms. The van der Waals surface area contributed by atoms with Crippen molar-refractivity contribution in [3.05, 3.63) is 40.0 Å². The molecule has 2 N–H and O–H groups in total. The van der Waals surface area contributed by atoms with Gasteiger partial charge in [0.15, 0.2) is 0 Å². The van der Waals surface area contributed by atoms with Crippen LogP contribution in [0.3, 0.4) is 0 Å². The molecule has 0 bridgehead atoms. The number of hydrogen-bond donors (Lipinski definition) is 2. The van der Waals surface area contributed by atoms with Crippen LogP contribution >= 0.6 is 22.9 Å². The Bertz CT molecular complexity index is 655. The zero-order valence-corrected chi connectivity index (χ0v) is 12.5. The molecule has 106 valence electrons. The molecule has 0 aliphatic heterocycles. The van der Waals surface area contributed by atoms with Crippen LogP contribution in [0.1, 0.15) is 23.5 Å². The van der Waals surface area contributed by atoms with Crippen molar-refractivity contribution in [2.75, 3.05) is 0 Å². The lowest BCUT2D eigenvalue weighted by Crippen LogP contribution is -2.29. The van der Waals surface area contributed by atoms with Crippen molar-refractivity contribution in [2.24, 2.45) is 0 Å². The molecule has 0 fully saturated rings. The van der Waals surface area contributed by atoms with Crippen LogP contribution in [0.2, 0.25) is 5.02 Å². The van der Waals surface area contributed by atoms with Gasteiger partial charge in [0, 0.05) is 22.5 Å². The highest BCUT2D eigenvalue weighted by Gasteiger charge is 2.15. The fourth-order valence-electron chi connectivity index (χ4n) is 1.66. The number of rotatable bonds is 3. The van der Waals surface area contributed by atoms with E-state index in [1.165, 1.54) is 17.4 Å². The summed E-state index contributed by atoms with van der Waals surface area (Å²) in [6.45, 7) is 3.73. The molecule has 1 aromatic heterocycles. The smallest absolute Gasteiger partial charge is 0.261 e. The Morgan fingerprint density at radius 1 is 1.40 bits per heavy atom. The lowest BCUT2D eigenvalue weighted by atomic mass is 10.1. The summed E-state index contributed by atoms with van der Waals surface area (Å²) in [7, 11) is 0. The normalized spacial score (nSPS) is 10.8. The monoisotopic (exact) mass is 313 g/mol. The van der Waals surface area contributed by atoms with E-state index in [1.807, 2.05) is 13.8 Å². The van der Waals surface area contributed by atoms with Crippen LogP contribution in [0.5, 0.6) is 5.75 Å². The lowest BCUT2D eigenvalue weighted by molar-refractivity contribution is 0.0947. The third-order valence-corrected chi connectivity index (χ3v) is 3.97. The zero-order valence-electron chi connectivity index (χ0n) is 10.9. The number of thiophene rings is 1. The van der Waals surface area contributed by atoms with Crippen molar-refractivity contribution in [3.63, 3.8) is 0 Å². The van der Waals surface area contributed by atoms with Crippen molar-refractivity contribution in [1.29, 1.82) is 0 Å². The third kappa shape index (κ3) is 3.11. The fraction of sp³-hybridized carbons (Fsp3) is 0.214. The summed E-state index contributed by atoms with van der Waals surface area (Å²) < 4.78 is 13.8. The van der Waals surface area contributed by atoms with Crippen molar-refractivity contribution in [1.82, 2.24) is 5.32 Å². The van der Waals surface area contributed by atoms with Crippen LogP contribution < -0.4 is 5.32 Å². The summed E-state index contributed by atoms with van der Waals surface area (Å²) in [6.07, 6.45) is 0. The van der Waals surface area contributed by atoms with E-state index >= 15 is 0 Å². The minimum atomic E-state index is -0.579. The molecule has 2 aromatic rings. The van der Waals surface area contributed by atoms with E-state index in [1.54, 1.807) is 12.1 Å². The highest BCUT2D eigenvalue weighted by Crippen LogP contribution is 2.35. The molecule has 0 spiro atoms. The number of amides is 1. The molecule has 1 aromatic carbocycles. The van der Waals surface area contributed by atoms with Gasteiger partial charge in [-0.05, 0) is 32.0 Å². The molecule has 0 saturated carbocycles. The number of nitrogens with one attached hydrogen (secondary N) is 1. The average molecular weight is 314 g/mol. The van der Waals surface area contributed by atoms with Gasteiger partial charge in [-0.3, -0.25) is 4.79 Å². The average Bonchev–Trinajstić information content (AvgIpc) is 2.82. The number of benzene rings is 1. The summed E-state index contributed by atoms with van der Waals surface area (Å²) in [4.78, 5) is 12.9. The Kier molecular flexibility index (Phi) is 4.30. The van der Waals surface area contributed by atoms with Crippen LogP contribution in [0.25, 0.3) is 10.4 Å². The fourth-order valence-corrected chi connectivity index (χ4v) is 2.75. The number of aromatic hydroxyl groups is 1. The molecule has 0 aliphatic rings. The largest absolute Gasteiger partial charge is 0.506 e. The maximum atomic E-state index is 13.8. The first-order valence-electron chi connectivity index (χ1n) is 5.97. The first-order chi connectivity index (χ1) is 9.38. The number of hydrogen-bond acceptors (Lipinski definition) is 3. The molecule has 2 rings (SSSR count). The standard InChI is InChI=1S/C14H13ClFNO2S/c1-7(2)17-14(19)13-4-3-12(20-13)8-5-9(15)11(18)6-10(8)16/h3-7,18H,1-2H3,(H,17,19). The minimum Gasteiger partial charge on any atom is -0.506 e. The van der Waals surface area contributed by atoms with Gasteiger partial charge in [-0.1, -0.05) is 11.6 Å². The molecule has 0 unspecified atom stereocenters. The van der Waals surface area contributed by atoms with Gasteiger partial charge >= 0.3 is 0 Å². The van der Waals surface area contributed by atoms with E-state index in [4.69, 9.17) is 11.6 Å². The highest BCUT2D eigenvalue weighted by atomic mass is 35.5. The summed E-state index contributed by atoms with van der Waals surface area (Å²) >= 11 is 6.96. The van der Waals surface area contributed by atoms with Crippen LogP contribution in [-0.2, 0) is 0 Å². The maximum absolute atomic E-state index is 13.8. The Labute approximate surface area is 125 Å². The van der Waals surface area contributed by atoms with Gasteiger partial charge in [-0.25, -0.2) is 4.39 Å². The Morgan fingerprint density at radius 2 is 2.10 bits per heavy atom. The topological polar surface area (TPSA) is 49.3 Å². The molecule has 3 nitrogen and oxygen atoms in total. The number of carbonyl (C=O) groups is 1. The maximum Gasteiger partial charge on any atom is 0.261 e. The van der Waals surface area contributed by atoms with E-state index in [0.717, 1.165) is 6.07 Å². The van der Waals surface area contributed by atoms with Gasteiger partial charge in [0.05, 0.1) is 9.90 Å². The third-order valence-electron chi connectivity index (χ3n) is 2.55. The number of halogens is 2. The van der Waals surface area contributed by atoms with Crippen LogP contribution in [0, 0.1) is 5.82 Å². The SMILES string of the molecule is CC(C)NC(=O)c1ccc(-c2cc(Cl)c(O)cc2F)s1. The van der Waals surface area contributed by atoms with Crippen molar-refractivity contribution >= 4 is 28.8 Å². The second kappa shape index (κ2) is 5.81. The van der Waals surface area contributed by atoms with Gasteiger partial charge in [0.2, 0.25) is 0 Å². The highest BCUT2D eigenvalue weighted by molar-refractivity contribution is 7.17. The van der Waals surface area contributed by atoms with Gasteiger partial charge in [0.25, 0.3) is 5.91 Å². The predicted octanol–water partition coefficient (Wildman–Crippen LogP) is 4.05. The lowest BCUT2D eigenvalue weighted by Gasteiger charge is -2.06. The van der Waals surface area contributed by atoms with E-state index in [2.05, 4.69) is 5.32 Å². The first kappa shape index (κ1) is 14.8. The van der Waals surface area contributed by atoms with E-state index in [-0.39, 0.29) is 28.3 Å². The van der Waals surface area contributed by atoms with E-state index in [9.17, 15) is 14.3 Å². The van der Waals surface area contributed by atoms with E-state index < -0.39 is 5.82 Å². The van der Waals surface area contributed by atoms with Gasteiger partial charge < -0.3 is 10.4 Å². The molecule has 1 heterocycles. The molecular formula is C14H13ClFNO2S. The van der Waals surface area contributed by atoms with E-state index in [0.29, 0.717) is 9.75 Å². The summed E-state index contributed by atoms with van der Waals surface area (Å²) in [5, 5.41) is 12.2. The molecule has 0 aliphatic carbocycles. The molecule has 0 radical (unpaired) electrons. The molecule has 20 heavy (non-hydrogen) atoms. The van der Waals surface area contributed by atoms with Crippen LogP contribution in [-0.4, -0.2) is 17.1 Å². The van der Waals surface area contributed by atoms with Crippen LogP contribution in [0.15, 0.2) is 24.3 Å². The predicted molar refractivity (Wildman–Crippen MR) is 79.0 cm³/mol. The van der Waals surface area contributed by atoms with Gasteiger partial charge in [0.1, 0.15) is 11.6 Å². The second-order valence-corrected chi connectivity index (χ2v) is 6.07. The molecule has 1 amide bonds. The Morgan fingerprint density at radius 3 is 2.75 bits per heavy atom. The summed E-state index contributed by atoms with van der Waals surface area (Å²) in [5.74, 6) is -1.08. The molecule has 0 atom stereocenters. The molecular weight excluding hydrogens is 301 g/mol. The Balaban J connectivity index is 2.34. The zero-order chi connectivity index (χ0) is 14.9. The van der Waals surface area contributed by atoms with Crippen molar-refractivity contribution in [2.45, 2.75) is 19.9 Å². The van der Waals surface area contributed by atoms with Crippen LogP contribution in [0.4, 0.5) is 4.39 Å². The summed E-state index contributed by atoms with van der Waals surface area (Å²) in [5.41, 5.74) is 0.265. The number of carbonyl (C=O) groups excluding carboxylic acids is 1. The summed E-state index contributed by atoms with van der Waals surface area (Å²) in [6, 6.07) is 5.64. The number of phenolic OH excluding ortho intramolecular Hbond substituents is 1. The van der Waals surface area contributed by atoms with Gasteiger partial charge in [-0.15, -0.1) is 11.3 Å².